The van der Waals surface area contributed by atoms with Crippen molar-refractivity contribution in [1.29, 1.82) is 0 Å². The molecule has 0 amide bonds. The van der Waals surface area contributed by atoms with Gasteiger partial charge in [-0.1, -0.05) is 6.07 Å². The topological polar surface area (TPSA) is 75.0 Å². The van der Waals surface area contributed by atoms with E-state index in [1.54, 1.807) is 6.20 Å². The molecule has 40 heavy (non-hydrogen) atoms. The molecule has 4 aromatic rings. The summed E-state index contributed by atoms with van der Waals surface area (Å²) in [5.41, 5.74) is 1.25. The van der Waals surface area contributed by atoms with E-state index in [-0.39, 0.29) is 34.7 Å². The van der Waals surface area contributed by atoms with E-state index in [0.717, 1.165) is 44.0 Å². The van der Waals surface area contributed by atoms with Gasteiger partial charge in [0.25, 0.3) is 6.43 Å². The van der Waals surface area contributed by atoms with Crippen molar-refractivity contribution in [3.8, 4) is 11.3 Å². The number of fused-ring (bicyclic) bond motifs is 4. The molecule has 0 saturated carbocycles. The van der Waals surface area contributed by atoms with Gasteiger partial charge in [-0.3, -0.25) is 9.80 Å². The highest BCUT2D eigenvalue weighted by Crippen LogP contribution is 2.37. The largest absolute Gasteiger partial charge is 0.319 e. The Balaban J connectivity index is 1.11. The molecule has 2 atom stereocenters. The number of rotatable bonds is 6. The molecule has 0 bridgehead atoms. The van der Waals surface area contributed by atoms with Crippen LogP contribution in [0.4, 0.5) is 29.3 Å². The van der Waals surface area contributed by atoms with Gasteiger partial charge in [0.1, 0.15) is 22.9 Å². The highest BCUT2D eigenvalue weighted by Gasteiger charge is 2.33. The van der Waals surface area contributed by atoms with Crippen molar-refractivity contribution in [3.63, 3.8) is 0 Å². The Hall–Kier alpha value is -3.64. The summed E-state index contributed by atoms with van der Waals surface area (Å²) in [6.45, 7) is 5.26. The normalized spacial score (nSPS) is 21.3. The lowest BCUT2D eigenvalue weighted by atomic mass is 10.1. The van der Waals surface area contributed by atoms with Crippen LogP contribution in [0.25, 0.3) is 22.3 Å². The second-order valence-corrected chi connectivity index (χ2v) is 10.8. The third-order valence-corrected chi connectivity index (χ3v) is 8.27. The zero-order valence-electron chi connectivity index (χ0n) is 21.7. The average Bonchev–Trinajstić information content (AvgIpc) is 3.66. The third-order valence-electron chi connectivity index (χ3n) is 8.27. The lowest BCUT2D eigenvalue weighted by Crippen LogP contribution is -2.49. The van der Waals surface area contributed by atoms with Gasteiger partial charge in [0, 0.05) is 50.4 Å². The fraction of sp³-hybridized carbons (Fsp3) is 0.429. The minimum Gasteiger partial charge on any atom is -0.319 e. The predicted molar refractivity (Wildman–Crippen MR) is 141 cm³/mol. The molecule has 8 nitrogen and oxygen atoms in total. The Morgan fingerprint density at radius 1 is 0.975 bits per heavy atom. The first-order valence-electron chi connectivity index (χ1n) is 13.6. The first kappa shape index (κ1) is 25.3. The number of halogens is 4. The maximum atomic E-state index is 15.0. The molecule has 3 aromatic heterocycles. The Morgan fingerprint density at radius 3 is 2.70 bits per heavy atom. The molecule has 7 rings (SSSR count). The highest BCUT2D eigenvalue weighted by atomic mass is 19.3. The van der Waals surface area contributed by atoms with Crippen molar-refractivity contribution in [3.05, 3.63) is 59.7 Å². The Bertz CT molecular complexity index is 1560. The lowest BCUT2D eigenvalue weighted by molar-refractivity contribution is 0.0883. The minimum absolute atomic E-state index is 0.00803. The van der Waals surface area contributed by atoms with E-state index >= 15 is 4.39 Å². The number of hydrogen-bond acceptors (Lipinski definition) is 7. The van der Waals surface area contributed by atoms with Gasteiger partial charge >= 0.3 is 0 Å². The van der Waals surface area contributed by atoms with Crippen LogP contribution in [0.5, 0.6) is 0 Å². The van der Waals surface area contributed by atoms with Gasteiger partial charge in [-0.2, -0.15) is 0 Å². The van der Waals surface area contributed by atoms with Crippen molar-refractivity contribution in [1.82, 2.24) is 34.3 Å². The van der Waals surface area contributed by atoms with Crippen LogP contribution >= 0.6 is 0 Å². The van der Waals surface area contributed by atoms with E-state index in [4.69, 9.17) is 0 Å². The van der Waals surface area contributed by atoms with E-state index in [1.165, 1.54) is 30.0 Å². The summed E-state index contributed by atoms with van der Waals surface area (Å²) in [6.07, 6.45) is 3.27. The standard InChI is InChI=1S/C28H28F4N8/c29-19-10-17(11-22-26(19)36-24-6-4-21(27(31)32)40(22)24)25-20(30)13-34-28(37-25)35-23-5-3-16(12-33-23)14-38-8-9-39-7-1-2-18(39)15-38/h3,5,10-13,18,21,27H,1-2,4,6-9,14-15H2,(H,33,34,35,37)/t18-,21+/m1/s1. The molecular formula is C28H28F4N8. The summed E-state index contributed by atoms with van der Waals surface area (Å²) >= 11 is 0. The molecule has 1 N–H and O–H groups in total. The highest BCUT2D eigenvalue weighted by molar-refractivity contribution is 5.83. The van der Waals surface area contributed by atoms with Crippen LogP contribution in [-0.2, 0) is 13.0 Å². The lowest BCUT2D eigenvalue weighted by Gasteiger charge is -2.37. The van der Waals surface area contributed by atoms with Crippen molar-refractivity contribution >= 4 is 22.8 Å². The van der Waals surface area contributed by atoms with Crippen molar-refractivity contribution in [2.45, 2.75) is 50.7 Å². The minimum atomic E-state index is -2.62. The van der Waals surface area contributed by atoms with Gasteiger partial charge in [0.05, 0.1) is 17.8 Å². The van der Waals surface area contributed by atoms with Crippen LogP contribution in [0.1, 0.15) is 36.7 Å². The molecule has 2 saturated heterocycles. The van der Waals surface area contributed by atoms with Gasteiger partial charge < -0.3 is 9.88 Å². The summed E-state index contributed by atoms with van der Waals surface area (Å²) in [7, 11) is 0. The third kappa shape index (κ3) is 4.58. The first-order chi connectivity index (χ1) is 19.4. The van der Waals surface area contributed by atoms with Crippen LogP contribution < -0.4 is 5.32 Å². The molecule has 1 aromatic carbocycles. The number of aryl methyl sites for hydroxylation is 1. The maximum Gasteiger partial charge on any atom is 0.259 e. The number of aromatic nitrogens is 5. The van der Waals surface area contributed by atoms with E-state index < -0.39 is 24.1 Å². The average molecular weight is 553 g/mol. The van der Waals surface area contributed by atoms with Crippen LogP contribution in [0, 0.1) is 11.6 Å². The number of anilines is 2. The fourth-order valence-corrected chi connectivity index (χ4v) is 6.32. The van der Waals surface area contributed by atoms with Gasteiger partial charge in [-0.05, 0) is 49.6 Å². The van der Waals surface area contributed by atoms with Gasteiger partial charge in [0.2, 0.25) is 5.95 Å². The molecule has 3 aliphatic heterocycles. The molecule has 0 spiro atoms. The van der Waals surface area contributed by atoms with Crippen molar-refractivity contribution in [2.24, 2.45) is 0 Å². The van der Waals surface area contributed by atoms with Crippen molar-refractivity contribution < 1.29 is 17.6 Å². The number of benzene rings is 1. The van der Waals surface area contributed by atoms with Crippen molar-refractivity contribution in [2.75, 3.05) is 31.5 Å². The molecule has 0 aliphatic carbocycles. The Morgan fingerprint density at radius 2 is 1.88 bits per heavy atom. The smallest absolute Gasteiger partial charge is 0.259 e. The summed E-state index contributed by atoms with van der Waals surface area (Å²) < 4.78 is 58.5. The molecule has 6 heterocycles. The first-order valence-corrected chi connectivity index (χ1v) is 13.6. The monoisotopic (exact) mass is 552 g/mol. The van der Waals surface area contributed by atoms with Crippen LogP contribution in [0.15, 0.2) is 36.7 Å². The fourth-order valence-electron chi connectivity index (χ4n) is 6.32. The zero-order chi connectivity index (χ0) is 27.4. The number of nitrogens with zero attached hydrogens (tertiary/aromatic N) is 7. The van der Waals surface area contributed by atoms with E-state index in [2.05, 4.69) is 35.1 Å². The molecule has 2 fully saturated rings. The van der Waals surface area contributed by atoms with E-state index in [9.17, 15) is 13.2 Å². The van der Waals surface area contributed by atoms with Gasteiger partial charge in [0.15, 0.2) is 11.6 Å². The maximum absolute atomic E-state index is 15.0. The number of hydrogen-bond donors (Lipinski definition) is 1. The van der Waals surface area contributed by atoms with Gasteiger partial charge in [-0.15, -0.1) is 0 Å². The number of nitrogens with one attached hydrogen (secondary N) is 1. The molecule has 12 heteroatoms. The molecule has 0 radical (unpaired) electrons. The summed E-state index contributed by atoms with van der Waals surface area (Å²) in [4.78, 5) is 22.0. The SMILES string of the molecule is Fc1cnc(Nc2ccc(CN3CCN4CCC[C@@H]4C3)cn2)nc1-c1cc(F)c2nc3n(c2c1)[C@H](C(F)F)CC3. The van der Waals surface area contributed by atoms with Crippen LogP contribution in [0.2, 0.25) is 0 Å². The number of piperazine rings is 1. The summed E-state index contributed by atoms with van der Waals surface area (Å²) in [5, 5.41) is 2.98. The molecule has 0 unspecified atom stereocenters. The van der Waals surface area contributed by atoms with Crippen LogP contribution in [-0.4, -0.2) is 72.9 Å². The Kier molecular flexibility index (Phi) is 6.38. The molecule has 3 aliphatic rings. The van der Waals surface area contributed by atoms with E-state index in [0.29, 0.717) is 24.1 Å². The quantitative estimate of drug-likeness (QED) is 0.340. The molecular weight excluding hydrogens is 524 g/mol. The summed E-state index contributed by atoms with van der Waals surface area (Å²) in [6, 6.07) is 5.95. The number of imidazole rings is 1. The second kappa shape index (κ2) is 10.1. The van der Waals surface area contributed by atoms with E-state index in [1.807, 2.05) is 12.1 Å². The second-order valence-electron chi connectivity index (χ2n) is 10.8. The zero-order valence-corrected chi connectivity index (χ0v) is 21.7. The number of alkyl halides is 2. The number of pyridine rings is 1. The van der Waals surface area contributed by atoms with Gasteiger partial charge in [-0.25, -0.2) is 37.5 Å². The Labute approximate surface area is 228 Å². The summed E-state index contributed by atoms with van der Waals surface area (Å²) in [5.74, 6) is -0.518. The predicted octanol–water partition coefficient (Wildman–Crippen LogP) is 4.94. The van der Waals surface area contributed by atoms with Crippen LogP contribution in [0.3, 0.4) is 0 Å². The molecule has 208 valence electrons.